The number of methoxy groups -OCH3 is 1. The topological polar surface area (TPSA) is 42.0 Å². The van der Waals surface area contributed by atoms with Gasteiger partial charge < -0.3 is 19.3 Å². The van der Waals surface area contributed by atoms with Crippen molar-refractivity contribution in [3.8, 4) is 11.5 Å². The van der Waals surface area contributed by atoms with Gasteiger partial charge in [-0.3, -0.25) is 4.79 Å². The fourth-order valence-electron chi connectivity index (χ4n) is 3.53. The van der Waals surface area contributed by atoms with Gasteiger partial charge in [-0.1, -0.05) is 41.9 Å². The van der Waals surface area contributed by atoms with E-state index in [4.69, 9.17) is 21.1 Å². The Morgan fingerprint density at radius 1 is 1.24 bits per heavy atom. The van der Waals surface area contributed by atoms with Crippen molar-refractivity contribution >= 4 is 23.6 Å². The predicted molar refractivity (Wildman–Crippen MR) is 117 cm³/mol. The van der Waals surface area contributed by atoms with Crippen LogP contribution in [-0.4, -0.2) is 56.1 Å². The number of rotatable bonds is 6. The molecule has 0 saturated carbocycles. The summed E-state index contributed by atoms with van der Waals surface area (Å²) in [5.41, 5.74) is 1.93. The van der Waals surface area contributed by atoms with E-state index in [1.165, 1.54) is 0 Å². The third-order valence-electron chi connectivity index (χ3n) is 5.01. The second-order valence-corrected chi connectivity index (χ2v) is 7.43. The van der Waals surface area contributed by atoms with Crippen LogP contribution < -0.4 is 9.47 Å². The smallest absolute Gasteiger partial charge is 0.247 e. The normalized spacial score (nSPS) is 17.5. The minimum Gasteiger partial charge on any atom is -0.493 e. The highest BCUT2D eigenvalue weighted by molar-refractivity contribution is 6.32. The first-order valence-corrected chi connectivity index (χ1v) is 10.1. The number of amides is 1. The van der Waals surface area contributed by atoms with Gasteiger partial charge in [0.1, 0.15) is 0 Å². The van der Waals surface area contributed by atoms with Crippen molar-refractivity contribution in [2.24, 2.45) is 0 Å². The zero-order valence-corrected chi connectivity index (χ0v) is 17.9. The van der Waals surface area contributed by atoms with Crippen LogP contribution in [0.2, 0.25) is 5.02 Å². The van der Waals surface area contributed by atoms with Gasteiger partial charge in [-0.15, -0.1) is 0 Å². The number of nitrogens with zero attached hydrogens (tertiary/aromatic N) is 2. The first-order chi connectivity index (χ1) is 14.0. The maximum Gasteiger partial charge on any atom is 0.247 e. The van der Waals surface area contributed by atoms with Crippen LogP contribution in [0.5, 0.6) is 11.5 Å². The summed E-state index contributed by atoms with van der Waals surface area (Å²) in [6, 6.07) is 13.8. The molecule has 0 spiro atoms. The number of piperazine rings is 1. The molecule has 1 fully saturated rings. The van der Waals surface area contributed by atoms with Crippen molar-refractivity contribution in [2.75, 3.05) is 40.4 Å². The molecule has 1 heterocycles. The Bertz CT molecular complexity index is 870. The molecule has 0 aliphatic carbocycles. The van der Waals surface area contributed by atoms with Crippen molar-refractivity contribution in [2.45, 2.75) is 13.0 Å². The maximum absolute atomic E-state index is 13.0. The molecule has 2 aromatic rings. The van der Waals surface area contributed by atoms with E-state index in [0.29, 0.717) is 29.7 Å². The Morgan fingerprint density at radius 2 is 2.00 bits per heavy atom. The van der Waals surface area contributed by atoms with Gasteiger partial charge in [0.25, 0.3) is 0 Å². The first-order valence-electron chi connectivity index (χ1n) is 9.76. The molecule has 1 atom stereocenters. The van der Waals surface area contributed by atoms with Crippen LogP contribution in [0.25, 0.3) is 6.08 Å². The van der Waals surface area contributed by atoms with Crippen molar-refractivity contribution in [3.05, 3.63) is 64.7 Å². The highest BCUT2D eigenvalue weighted by Gasteiger charge is 2.29. The first kappa shape index (κ1) is 21.2. The van der Waals surface area contributed by atoms with Crippen LogP contribution in [0.1, 0.15) is 24.1 Å². The molecular formula is C23H27ClN2O3. The van der Waals surface area contributed by atoms with Gasteiger partial charge in [0.15, 0.2) is 11.5 Å². The number of benzene rings is 2. The molecule has 1 aliphatic heterocycles. The number of carbonyl (C=O) groups is 1. The summed E-state index contributed by atoms with van der Waals surface area (Å²) in [5.74, 6) is 1.05. The van der Waals surface area contributed by atoms with Crippen LogP contribution in [0.15, 0.2) is 48.5 Å². The van der Waals surface area contributed by atoms with E-state index >= 15 is 0 Å². The average Bonchev–Trinajstić information content (AvgIpc) is 2.74. The largest absolute Gasteiger partial charge is 0.493 e. The molecule has 1 aliphatic rings. The second-order valence-electron chi connectivity index (χ2n) is 7.02. The van der Waals surface area contributed by atoms with E-state index in [0.717, 1.165) is 24.2 Å². The van der Waals surface area contributed by atoms with E-state index in [9.17, 15) is 4.79 Å². The van der Waals surface area contributed by atoms with Gasteiger partial charge in [0.2, 0.25) is 5.91 Å². The van der Waals surface area contributed by atoms with Gasteiger partial charge in [0.05, 0.1) is 24.8 Å². The van der Waals surface area contributed by atoms with Crippen molar-refractivity contribution < 1.29 is 14.3 Å². The Kier molecular flexibility index (Phi) is 7.18. The highest BCUT2D eigenvalue weighted by Crippen LogP contribution is 2.36. The Morgan fingerprint density at radius 3 is 2.69 bits per heavy atom. The Hall–Kier alpha value is -2.50. The van der Waals surface area contributed by atoms with E-state index in [1.807, 2.05) is 36.1 Å². The summed E-state index contributed by atoms with van der Waals surface area (Å²) >= 11 is 6.34. The molecule has 6 heteroatoms. The summed E-state index contributed by atoms with van der Waals surface area (Å²) in [5, 5.41) is 0.458. The molecule has 0 aromatic heterocycles. The third-order valence-corrected chi connectivity index (χ3v) is 5.29. The molecule has 1 unspecified atom stereocenters. The lowest BCUT2D eigenvalue weighted by Gasteiger charge is -2.40. The van der Waals surface area contributed by atoms with Crippen LogP contribution in [0, 0.1) is 0 Å². The molecule has 0 N–H and O–H groups in total. The lowest BCUT2D eigenvalue weighted by molar-refractivity contribution is -0.130. The zero-order chi connectivity index (χ0) is 20.8. The van der Waals surface area contributed by atoms with Crippen LogP contribution in [-0.2, 0) is 4.79 Å². The number of carbonyl (C=O) groups excluding carboxylic acids is 1. The number of hydrogen-bond acceptors (Lipinski definition) is 4. The van der Waals surface area contributed by atoms with Gasteiger partial charge in [-0.2, -0.15) is 0 Å². The molecule has 5 nitrogen and oxygen atoms in total. The van der Waals surface area contributed by atoms with Crippen LogP contribution in [0.3, 0.4) is 0 Å². The Labute approximate surface area is 177 Å². The summed E-state index contributed by atoms with van der Waals surface area (Å²) < 4.78 is 10.9. The van der Waals surface area contributed by atoms with Crippen LogP contribution >= 0.6 is 11.6 Å². The molecule has 3 rings (SSSR count). The number of likely N-dealkylation sites (N-methyl/N-ethyl adjacent to an activating group) is 1. The fourth-order valence-corrected chi connectivity index (χ4v) is 3.80. The van der Waals surface area contributed by atoms with Crippen molar-refractivity contribution in [1.29, 1.82) is 0 Å². The maximum atomic E-state index is 13.0. The fraction of sp³-hybridized carbons (Fsp3) is 0.348. The minimum atomic E-state index is -0.0177. The molecule has 29 heavy (non-hydrogen) atoms. The van der Waals surface area contributed by atoms with Crippen molar-refractivity contribution in [3.63, 3.8) is 0 Å². The van der Waals surface area contributed by atoms with Gasteiger partial charge in [-0.05, 0) is 43.3 Å². The lowest BCUT2D eigenvalue weighted by atomic mass is 10.0. The minimum absolute atomic E-state index is 0.0177. The van der Waals surface area contributed by atoms with E-state index < -0.39 is 0 Å². The predicted octanol–water partition coefficient (Wildman–Crippen LogP) is 4.28. The molecular weight excluding hydrogens is 388 g/mol. The third kappa shape index (κ3) is 5.11. The molecule has 2 aromatic carbocycles. The number of ether oxygens (including phenoxy) is 2. The lowest BCUT2D eigenvalue weighted by Crippen LogP contribution is -2.48. The standard InChI is InChI=1S/C23H27ClN2O3/c1-4-29-23-19(24)14-17(15-21(23)28-3)10-11-22(27)26-13-12-25(2)16-20(26)18-8-6-5-7-9-18/h5-11,14-15,20H,4,12-13,16H2,1-3H3/b11-10+. The molecule has 154 valence electrons. The Balaban J connectivity index is 1.81. The average molecular weight is 415 g/mol. The molecule has 1 amide bonds. The summed E-state index contributed by atoms with van der Waals surface area (Å²) in [6.07, 6.45) is 3.37. The zero-order valence-electron chi connectivity index (χ0n) is 17.1. The highest BCUT2D eigenvalue weighted by atomic mass is 35.5. The summed E-state index contributed by atoms with van der Waals surface area (Å²) in [6.45, 7) is 4.74. The molecule has 0 bridgehead atoms. The van der Waals surface area contributed by atoms with Gasteiger partial charge in [0, 0.05) is 25.7 Å². The SMILES string of the molecule is CCOc1c(Cl)cc(/C=C/C(=O)N2CCN(C)CC2c2ccccc2)cc1OC. The number of hydrogen-bond donors (Lipinski definition) is 0. The quantitative estimate of drug-likeness (QED) is 0.662. The van der Waals surface area contributed by atoms with Gasteiger partial charge >= 0.3 is 0 Å². The molecule has 1 saturated heterocycles. The van der Waals surface area contributed by atoms with Crippen LogP contribution in [0.4, 0.5) is 0 Å². The van der Waals surface area contributed by atoms with Gasteiger partial charge in [-0.25, -0.2) is 0 Å². The summed E-state index contributed by atoms with van der Waals surface area (Å²) in [4.78, 5) is 17.2. The second kappa shape index (κ2) is 9.81. The van der Waals surface area contributed by atoms with E-state index in [2.05, 4.69) is 24.1 Å². The van der Waals surface area contributed by atoms with E-state index in [-0.39, 0.29) is 11.9 Å². The summed E-state index contributed by atoms with van der Waals surface area (Å²) in [7, 11) is 3.66. The van der Waals surface area contributed by atoms with Crippen molar-refractivity contribution in [1.82, 2.24) is 9.80 Å². The monoisotopic (exact) mass is 414 g/mol. The number of halogens is 1. The van der Waals surface area contributed by atoms with E-state index in [1.54, 1.807) is 25.3 Å². The molecule has 0 radical (unpaired) electrons.